The summed E-state index contributed by atoms with van der Waals surface area (Å²) in [6.45, 7) is 7.61. The van der Waals surface area contributed by atoms with Gasteiger partial charge in [-0.25, -0.2) is 0 Å². The van der Waals surface area contributed by atoms with Gasteiger partial charge in [0.25, 0.3) is 0 Å². The Bertz CT molecular complexity index is 477. The number of unbranched alkanes of at least 4 members (excludes halogenated alkanes) is 2. The Morgan fingerprint density at radius 3 is 2.70 bits per heavy atom. The van der Waals surface area contributed by atoms with E-state index in [4.69, 9.17) is 4.74 Å². The van der Waals surface area contributed by atoms with Crippen molar-refractivity contribution in [3.63, 3.8) is 0 Å². The van der Waals surface area contributed by atoms with Crippen LogP contribution in [0.5, 0.6) is 0 Å². The minimum Gasteiger partial charge on any atom is -0.442 e. The van der Waals surface area contributed by atoms with E-state index < -0.39 is 11.5 Å². The lowest BCUT2D eigenvalue weighted by atomic mass is 9.97. The van der Waals surface area contributed by atoms with Crippen LogP contribution in [0.15, 0.2) is 24.4 Å². The van der Waals surface area contributed by atoms with Gasteiger partial charge in [-0.1, -0.05) is 31.3 Å². The molecule has 0 N–H and O–H groups in total. The molecule has 0 amide bonds. The fourth-order valence-corrected chi connectivity index (χ4v) is 1.41. The monoisotopic (exact) mass is 273 g/mol. The maximum atomic E-state index is 12.0. The van der Waals surface area contributed by atoms with Crippen molar-refractivity contribution in [1.29, 1.82) is 0 Å². The molecule has 1 unspecified atom stereocenters. The molecular weight excluding hydrogens is 250 g/mol. The van der Waals surface area contributed by atoms with Crippen molar-refractivity contribution in [2.45, 2.75) is 53.1 Å². The molecule has 108 valence electrons. The third kappa shape index (κ3) is 5.44. The molecule has 20 heavy (non-hydrogen) atoms. The number of carbonyl (C=O) groups is 1. The van der Waals surface area contributed by atoms with Gasteiger partial charge < -0.3 is 4.74 Å². The number of hydrogen-bond acceptors (Lipinski definition) is 3. The maximum absolute atomic E-state index is 12.0. The molecule has 0 bridgehead atoms. The van der Waals surface area contributed by atoms with E-state index in [9.17, 15) is 4.79 Å². The molecule has 0 aliphatic heterocycles. The summed E-state index contributed by atoms with van der Waals surface area (Å²) in [6, 6.07) is 5.53. The number of carbonyl (C=O) groups excluding carboxylic acids is 1. The lowest BCUT2D eigenvalue weighted by Crippen LogP contribution is -2.25. The first-order valence-electron chi connectivity index (χ1n) is 7.05. The summed E-state index contributed by atoms with van der Waals surface area (Å²) in [5.41, 5.74) is 0.132. The van der Waals surface area contributed by atoms with Crippen LogP contribution >= 0.6 is 0 Å². The average Bonchev–Trinajstić information content (AvgIpc) is 2.42. The number of aromatic nitrogens is 1. The van der Waals surface area contributed by atoms with Crippen LogP contribution < -0.4 is 0 Å². The predicted octanol–water partition coefficient (Wildman–Crippen LogP) is 3.91. The Morgan fingerprint density at radius 1 is 1.40 bits per heavy atom. The first-order valence-corrected chi connectivity index (χ1v) is 7.05. The highest BCUT2D eigenvalue weighted by atomic mass is 16.5. The van der Waals surface area contributed by atoms with E-state index in [1.165, 1.54) is 0 Å². The molecule has 1 aromatic heterocycles. The molecule has 0 aliphatic carbocycles. The van der Waals surface area contributed by atoms with Crippen LogP contribution in [0.25, 0.3) is 0 Å². The first-order chi connectivity index (χ1) is 9.45. The van der Waals surface area contributed by atoms with Gasteiger partial charge in [0.05, 0.1) is 11.1 Å². The van der Waals surface area contributed by atoms with Gasteiger partial charge in [0.1, 0.15) is 0 Å². The van der Waals surface area contributed by atoms with Gasteiger partial charge in [-0.3, -0.25) is 9.78 Å². The fourth-order valence-electron chi connectivity index (χ4n) is 1.41. The lowest BCUT2D eigenvalue weighted by molar-refractivity contribution is -0.156. The van der Waals surface area contributed by atoms with Gasteiger partial charge in [-0.05, 0) is 39.3 Å². The third-order valence-electron chi connectivity index (χ3n) is 2.68. The predicted molar refractivity (Wildman–Crippen MR) is 79.8 cm³/mol. The van der Waals surface area contributed by atoms with Crippen molar-refractivity contribution < 1.29 is 9.53 Å². The summed E-state index contributed by atoms with van der Waals surface area (Å²) in [4.78, 5) is 16.3. The zero-order valence-corrected chi connectivity index (χ0v) is 12.8. The van der Waals surface area contributed by atoms with Crippen LogP contribution in [0.2, 0.25) is 0 Å². The Balaban J connectivity index is 2.85. The summed E-state index contributed by atoms with van der Waals surface area (Å²) >= 11 is 0. The van der Waals surface area contributed by atoms with Crippen LogP contribution in [-0.4, -0.2) is 11.0 Å². The molecule has 3 heteroatoms. The quantitative estimate of drug-likeness (QED) is 0.474. The Morgan fingerprint density at radius 2 is 2.15 bits per heavy atom. The zero-order chi connectivity index (χ0) is 15.0. The van der Waals surface area contributed by atoms with Crippen LogP contribution in [0.1, 0.15) is 58.8 Å². The van der Waals surface area contributed by atoms with Crippen molar-refractivity contribution in [2.24, 2.45) is 5.41 Å². The van der Waals surface area contributed by atoms with E-state index in [1.807, 2.05) is 39.0 Å². The van der Waals surface area contributed by atoms with E-state index in [2.05, 4.69) is 23.7 Å². The molecule has 0 radical (unpaired) electrons. The molecule has 1 aromatic rings. The standard InChI is InChI=1S/C17H23NO2/c1-5-6-7-8-12-15(14-11-9-10-13-18-14)20-16(19)17(2,3)4/h9-11,13,15H,5-7H2,1-4H3. The molecule has 1 rings (SSSR count). The van der Waals surface area contributed by atoms with Crippen LogP contribution in [-0.2, 0) is 9.53 Å². The van der Waals surface area contributed by atoms with Crippen LogP contribution in [0.3, 0.4) is 0 Å². The molecule has 0 aliphatic rings. The molecule has 0 saturated heterocycles. The molecule has 0 saturated carbocycles. The van der Waals surface area contributed by atoms with Gasteiger partial charge in [-0.15, -0.1) is 0 Å². The Kier molecular flexibility index (Phi) is 6.24. The molecule has 0 spiro atoms. The minimum atomic E-state index is -0.584. The number of ether oxygens (including phenoxy) is 1. The highest BCUT2D eigenvalue weighted by Gasteiger charge is 2.26. The smallest absolute Gasteiger partial charge is 0.312 e. The van der Waals surface area contributed by atoms with Gasteiger partial charge in [0.15, 0.2) is 0 Å². The number of pyridine rings is 1. The van der Waals surface area contributed by atoms with E-state index in [0.29, 0.717) is 5.69 Å². The fraction of sp³-hybridized carbons (Fsp3) is 0.529. The Hall–Kier alpha value is -1.82. The molecule has 1 heterocycles. The van der Waals surface area contributed by atoms with Crippen LogP contribution in [0.4, 0.5) is 0 Å². The molecule has 0 fully saturated rings. The topological polar surface area (TPSA) is 39.2 Å². The molecule has 0 aromatic carbocycles. The Labute approximate surface area is 121 Å². The second-order valence-electron chi connectivity index (χ2n) is 5.71. The molecular formula is C17H23NO2. The van der Waals surface area contributed by atoms with Crippen LogP contribution in [0, 0.1) is 17.3 Å². The van der Waals surface area contributed by atoms with Crippen molar-refractivity contribution in [1.82, 2.24) is 4.98 Å². The minimum absolute atomic E-state index is 0.266. The van der Waals surface area contributed by atoms with Crippen molar-refractivity contribution in [3.8, 4) is 11.8 Å². The van der Waals surface area contributed by atoms with Crippen molar-refractivity contribution in [3.05, 3.63) is 30.1 Å². The first kappa shape index (κ1) is 16.2. The number of nitrogens with zero attached hydrogens (tertiary/aromatic N) is 1. The summed E-state index contributed by atoms with van der Waals surface area (Å²) in [6.07, 6.45) is 4.06. The summed E-state index contributed by atoms with van der Waals surface area (Å²) in [7, 11) is 0. The summed E-state index contributed by atoms with van der Waals surface area (Å²) in [5, 5.41) is 0. The van der Waals surface area contributed by atoms with E-state index in [0.717, 1.165) is 19.3 Å². The summed E-state index contributed by atoms with van der Waals surface area (Å²) in [5.74, 6) is 5.83. The largest absolute Gasteiger partial charge is 0.442 e. The third-order valence-corrected chi connectivity index (χ3v) is 2.68. The van der Waals surface area contributed by atoms with Crippen molar-refractivity contribution in [2.75, 3.05) is 0 Å². The second-order valence-corrected chi connectivity index (χ2v) is 5.71. The van der Waals surface area contributed by atoms with Gasteiger partial charge >= 0.3 is 5.97 Å². The average molecular weight is 273 g/mol. The maximum Gasteiger partial charge on any atom is 0.312 e. The van der Waals surface area contributed by atoms with E-state index >= 15 is 0 Å². The van der Waals surface area contributed by atoms with Gasteiger partial charge in [0.2, 0.25) is 6.10 Å². The van der Waals surface area contributed by atoms with Gasteiger partial charge in [-0.2, -0.15) is 0 Å². The summed E-state index contributed by atoms with van der Waals surface area (Å²) < 4.78 is 5.51. The normalized spacial score (nSPS) is 12.2. The number of esters is 1. The zero-order valence-electron chi connectivity index (χ0n) is 12.8. The lowest BCUT2D eigenvalue weighted by Gasteiger charge is -2.20. The molecule has 1 atom stereocenters. The number of hydrogen-bond donors (Lipinski definition) is 0. The van der Waals surface area contributed by atoms with E-state index in [1.54, 1.807) is 6.20 Å². The highest BCUT2D eigenvalue weighted by Crippen LogP contribution is 2.22. The molecule has 3 nitrogen and oxygen atoms in total. The van der Waals surface area contributed by atoms with E-state index in [-0.39, 0.29) is 5.97 Å². The van der Waals surface area contributed by atoms with Crippen molar-refractivity contribution >= 4 is 5.97 Å². The van der Waals surface area contributed by atoms with Gasteiger partial charge in [0, 0.05) is 12.6 Å². The number of rotatable bonds is 4. The highest BCUT2D eigenvalue weighted by molar-refractivity contribution is 5.75. The second kappa shape index (κ2) is 7.69. The SMILES string of the molecule is CCCCC#CC(OC(=O)C(C)(C)C)c1ccccn1.